The van der Waals surface area contributed by atoms with Crippen molar-refractivity contribution in [3.05, 3.63) is 29.8 Å². The fraction of sp³-hybridized carbons (Fsp3) is 0.562. The lowest BCUT2D eigenvalue weighted by Crippen LogP contribution is -2.54. The van der Waals surface area contributed by atoms with E-state index in [9.17, 15) is 9.90 Å². The molecule has 0 aromatic heterocycles. The second-order valence-corrected chi connectivity index (χ2v) is 5.55. The van der Waals surface area contributed by atoms with Crippen LogP contribution in [0.25, 0.3) is 0 Å². The summed E-state index contributed by atoms with van der Waals surface area (Å²) in [5.41, 5.74) is 0.318. The highest BCUT2D eigenvalue weighted by Crippen LogP contribution is 2.21. The number of carboxylic acid groups (broad SMARTS) is 1. The van der Waals surface area contributed by atoms with E-state index in [1.807, 2.05) is 36.1 Å². The highest BCUT2D eigenvalue weighted by molar-refractivity contribution is 5.77. The normalized spacial score (nSPS) is 13.3. The van der Waals surface area contributed by atoms with Crippen LogP contribution in [0.1, 0.15) is 33.3 Å². The Morgan fingerprint density at radius 1 is 1.35 bits per heavy atom. The lowest BCUT2D eigenvalue weighted by molar-refractivity contribution is -0.150. The number of methoxy groups -OCH3 is 1. The number of hydrogen-bond acceptors (Lipinski definition) is 3. The number of rotatable bonds is 7. The summed E-state index contributed by atoms with van der Waals surface area (Å²) in [4.78, 5) is 13.4. The summed E-state index contributed by atoms with van der Waals surface area (Å²) < 4.78 is 5.14. The summed E-state index contributed by atoms with van der Waals surface area (Å²) >= 11 is 0. The Bertz CT molecular complexity index is 440. The quantitative estimate of drug-likeness (QED) is 0.834. The topological polar surface area (TPSA) is 49.8 Å². The van der Waals surface area contributed by atoms with Gasteiger partial charge in [0, 0.05) is 6.04 Å². The second-order valence-electron chi connectivity index (χ2n) is 5.55. The Balaban J connectivity index is 2.81. The van der Waals surface area contributed by atoms with Gasteiger partial charge in [-0.3, -0.25) is 9.69 Å². The van der Waals surface area contributed by atoms with Crippen molar-refractivity contribution in [2.45, 2.75) is 45.7 Å². The Morgan fingerprint density at radius 2 is 1.90 bits per heavy atom. The van der Waals surface area contributed by atoms with Gasteiger partial charge in [-0.05, 0) is 51.4 Å². The highest BCUT2D eigenvalue weighted by Gasteiger charge is 2.36. The van der Waals surface area contributed by atoms with E-state index in [1.165, 1.54) is 5.56 Å². The number of nitrogens with zero attached hydrogens (tertiary/aromatic N) is 1. The summed E-state index contributed by atoms with van der Waals surface area (Å²) in [5, 5.41) is 9.37. The molecular weight excluding hydrogens is 254 g/mol. The molecule has 0 fully saturated rings. The van der Waals surface area contributed by atoms with Crippen molar-refractivity contribution >= 4 is 5.97 Å². The van der Waals surface area contributed by atoms with Crippen LogP contribution >= 0.6 is 0 Å². The smallest absolute Gasteiger partial charge is 0.323 e. The monoisotopic (exact) mass is 279 g/mol. The van der Waals surface area contributed by atoms with Gasteiger partial charge in [0.2, 0.25) is 0 Å². The van der Waals surface area contributed by atoms with Crippen LogP contribution in [-0.2, 0) is 11.2 Å². The van der Waals surface area contributed by atoms with Crippen LogP contribution in [0, 0.1) is 0 Å². The first-order valence-corrected chi connectivity index (χ1v) is 6.96. The number of hydrogen-bond donors (Lipinski definition) is 1. The molecule has 0 bridgehead atoms. The average molecular weight is 279 g/mol. The van der Waals surface area contributed by atoms with E-state index in [4.69, 9.17) is 4.74 Å². The molecule has 4 heteroatoms. The molecule has 0 radical (unpaired) electrons. The molecule has 0 amide bonds. The highest BCUT2D eigenvalue weighted by atomic mass is 16.5. The molecule has 20 heavy (non-hydrogen) atoms. The minimum atomic E-state index is -0.860. The van der Waals surface area contributed by atoms with E-state index in [0.29, 0.717) is 6.54 Å². The van der Waals surface area contributed by atoms with E-state index in [2.05, 4.69) is 6.92 Å². The van der Waals surface area contributed by atoms with Crippen LogP contribution in [0.4, 0.5) is 0 Å². The maximum atomic E-state index is 11.4. The van der Waals surface area contributed by atoms with E-state index in [0.717, 1.165) is 12.2 Å². The largest absolute Gasteiger partial charge is 0.497 e. The van der Waals surface area contributed by atoms with Crippen molar-refractivity contribution in [2.24, 2.45) is 0 Å². The second kappa shape index (κ2) is 6.75. The van der Waals surface area contributed by atoms with Crippen LogP contribution in [0.15, 0.2) is 24.3 Å². The summed E-state index contributed by atoms with van der Waals surface area (Å²) in [6.45, 7) is 8.27. The van der Waals surface area contributed by atoms with Crippen molar-refractivity contribution in [3.63, 3.8) is 0 Å². The minimum absolute atomic E-state index is 0.152. The Kier molecular flexibility index (Phi) is 5.57. The van der Waals surface area contributed by atoms with Crippen molar-refractivity contribution < 1.29 is 14.6 Å². The van der Waals surface area contributed by atoms with Gasteiger partial charge in [0.1, 0.15) is 11.3 Å². The number of benzene rings is 1. The van der Waals surface area contributed by atoms with Crippen molar-refractivity contribution in [3.8, 4) is 5.75 Å². The molecule has 0 aliphatic rings. The number of likely N-dealkylation sites (N-methyl/N-ethyl adjacent to an activating group) is 1. The standard InChI is InChI=1S/C16H25NO3/c1-6-17(16(3,4)15(18)19)12(2)11-13-7-9-14(20-5)10-8-13/h7-10,12H,6,11H2,1-5H3,(H,18,19). The molecule has 0 saturated heterocycles. The van der Waals surface area contributed by atoms with E-state index in [-0.39, 0.29) is 6.04 Å². The molecule has 1 rings (SSSR count). The lowest BCUT2D eigenvalue weighted by atomic mass is 9.97. The van der Waals surface area contributed by atoms with Crippen LogP contribution in [-0.4, -0.2) is 41.2 Å². The Labute approximate surface area is 121 Å². The van der Waals surface area contributed by atoms with E-state index in [1.54, 1.807) is 21.0 Å². The van der Waals surface area contributed by atoms with Gasteiger partial charge in [-0.1, -0.05) is 19.1 Å². The maximum absolute atomic E-state index is 11.4. The minimum Gasteiger partial charge on any atom is -0.497 e. The average Bonchev–Trinajstić information content (AvgIpc) is 2.39. The first kappa shape index (κ1) is 16.5. The molecule has 0 spiro atoms. The molecule has 1 aromatic rings. The van der Waals surface area contributed by atoms with Gasteiger partial charge in [0.05, 0.1) is 7.11 Å². The molecule has 0 aliphatic heterocycles. The summed E-state index contributed by atoms with van der Waals surface area (Å²) in [6, 6.07) is 8.06. The summed E-state index contributed by atoms with van der Waals surface area (Å²) in [7, 11) is 1.64. The zero-order chi connectivity index (χ0) is 15.3. The van der Waals surface area contributed by atoms with E-state index >= 15 is 0 Å². The third kappa shape index (κ3) is 3.73. The van der Waals surface area contributed by atoms with Gasteiger partial charge in [-0.15, -0.1) is 0 Å². The number of aliphatic carboxylic acids is 1. The molecule has 0 heterocycles. The van der Waals surface area contributed by atoms with Gasteiger partial charge >= 0.3 is 5.97 Å². The molecule has 1 aromatic carbocycles. The van der Waals surface area contributed by atoms with Crippen LogP contribution < -0.4 is 4.74 Å². The zero-order valence-electron chi connectivity index (χ0n) is 13.0. The third-order valence-electron chi connectivity index (χ3n) is 3.80. The number of carboxylic acids is 1. The number of ether oxygens (including phenoxy) is 1. The SMILES string of the molecule is CCN(C(C)Cc1ccc(OC)cc1)C(C)(C)C(=O)O. The van der Waals surface area contributed by atoms with Crippen LogP contribution in [0.5, 0.6) is 5.75 Å². The van der Waals surface area contributed by atoms with Crippen molar-refractivity contribution in [1.29, 1.82) is 0 Å². The molecule has 0 aliphatic carbocycles. The maximum Gasteiger partial charge on any atom is 0.323 e. The third-order valence-corrected chi connectivity index (χ3v) is 3.80. The predicted molar refractivity (Wildman–Crippen MR) is 80.3 cm³/mol. The van der Waals surface area contributed by atoms with Gasteiger partial charge < -0.3 is 9.84 Å². The predicted octanol–water partition coefficient (Wildman–Crippen LogP) is 2.81. The molecule has 4 nitrogen and oxygen atoms in total. The molecule has 1 unspecified atom stereocenters. The van der Waals surface area contributed by atoms with Gasteiger partial charge in [0.25, 0.3) is 0 Å². The molecule has 1 N–H and O–H groups in total. The summed E-state index contributed by atoms with van der Waals surface area (Å²) in [5.74, 6) is 0.0422. The molecule has 112 valence electrons. The Morgan fingerprint density at radius 3 is 2.30 bits per heavy atom. The Hall–Kier alpha value is -1.55. The first-order chi connectivity index (χ1) is 9.32. The fourth-order valence-corrected chi connectivity index (χ4v) is 2.59. The van der Waals surface area contributed by atoms with Gasteiger partial charge in [0.15, 0.2) is 0 Å². The summed E-state index contributed by atoms with van der Waals surface area (Å²) in [6.07, 6.45) is 0.814. The van der Waals surface area contributed by atoms with Crippen molar-refractivity contribution in [1.82, 2.24) is 4.90 Å². The number of carbonyl (C=O) groups is 1. The first-order valence-electron chi connectivity index (χ1n) is 6.96. The fourth-order valence-electron chi connectivity index (χ4n) is 2.59. The van der Waals surface area contributed by atoms with Crippen LogP contribution in [0.3, 0.4) is 0 Å². The van der Waals surface area contributed by atoms with E-state index < -0.39 is 11.5 Å². The molecular formula is C16H25NO3. The lowest BCUT2D eigenvalue weighted by Gasteiger charge is -2.39. The van der Waals surface area contributed by atoms with Gasteiger partial charge in [-0.25, -0.2) is 0 Å². The van der Waals surface area contributed by atoms with Crippen LogP contribution in [0.2, 0.25) is 0 Å². The van der Waals surface area contributed by atoms with Crippen molar-refractivity contribution in [2.75, 3.05) is 13.7 Å². The molecule has 0 saturated carbocycles. The molecule has 1 atom stereocenters. The van der Waals surface area contributed by atoms with Gasteiger partial charge in [-0.2, -0.15) is 0 Å². The zero-order valence-corrected chi connectivity index (χ0v) is 13.0.